The Labute approximate surface area is 516 Å². The van der Waals surface area contributed by atoms with Gasteiger partial charge in [-0.25, -0.2) is 0 Å². The number of quaternary nitrogens is 1. The second-order valence-corrected chi connectivity index (χ2v) is 26.2. The van der Waals surface area contributed by atoms with Crippen molar-refractivity contribution in [2.75, 3.05) is 47.5 Å². The number of carboxylic acid groups (broad SMARTS) is 1. The normalized spacial score (nSPS) is 12.7. The monoisotopic (exact) mass is 1170 g/mol. The summed E-state index contributed by atoms with van der Waals surface area (Å²) in [4.78, 5) is 37.5. The Morgan fingerprint density at radius 3 is 0.952 bits per heavy atom. The first-order chi connectivity index (χ1) is 40.6. The molecule has 0 aliphatic carbocycles. The minimum absolute atomic E-state index is 0.152. The Bertz CT molecular complexity index is 1410. The zero-order valence-electron chi connectivity index (χ0n) is 56.1. The van der Waals surface area contributed by atoms with Crippen molar-refractivity contribution in [3.63, 3.8) is 0 Å². The summed E-state index contributed by atoms with van der Waals surface area (Å²) in [6, 6.07) is 0. The Kier molecular flexibility index (Phi) is 64.0. The molecule has 0 saturated heterocycles. The van der Waals surface area contributed by atoms with Crippen LogP contribution < -0.4 is 5.11 Å². The molecule has 0 fully saturated rings. The van der Waals surface area contributed by atoms with Gasteiger partial charge in [-0.2, -0.15) is 0 Å². The maximum atomic E-state index is 12.9. The number of likely N-dealkylation sites (N-methyl/N-ethyl adjacent to an activating group) is 1. The number of ether oxygens (including phenoxy) is 4. The van der Waals surface area contributed by atoms with Crippen LogP contribution in [-0.2, 0) is 33.3 Å². The van der Waals surface area contributed by atoms with Crippen molar-refractivity contribution < 1.29 is 42.9 Å². The number of esters is 2. The van der Waals surface area contributed by atoms with Gasteiger partial charge >= 0.3 is 11.9 Å². The summed E-state index contributed by atoms with van der Waals surface area (Å²) in [6.45, 7) is 4.82. The lowest BCUT2D eigenvalue weighted by Crippen LogP contribution is -2.44. The molecule has 0 bridgehead atoms. The van der Waals surface area contributed by atoms with Crippen LogP contribution in [0.15, 0.2) is 24.3 Å². The van der Waals surface area contributed by atoms with E-state index >= 15 is 0 Å². The average molecular weight is 1170 g/mol. The second kappa shape index (κ2) is 65.7. The Hall–Kier alpha value is -2.23. The molecule has 0 N–H and O–H groups in total. The molecule has 0 aliphatic rings. The van der Waals surface area contributed by atoms with Gasteiger partial charge in [0, 0.05) is 12.8 Å². The highest BCUT2D eigenvalue weighted by Crippen LogP contribution is 2.19. The van der Waals surface area contributed by atoms with Gasteiger partial charge in [0.1, 0.15) is 13.2 Å². The summed E-state index contributed by atoms with van der Waals surface area (Å²) in [5.74, 6) is -2.25. The number of aliphatic carboxylic acids is 1. The molecule has 0 saturated carbocycles. The van der Waals surface area contributed by atoms with Crippen molar-refractivity contribution in [2.45, 2.75) is 386 Å². The Morgan fingerprint density at radius 2 is 0.651 bits per heavy atom. The summed E-state index contributed by atoms with van der Waals surface area (Å²) in [6.07, 6.45) is 78.5. The molecule has 0 aliphatic heterocycles. The fraction of sp³-hybridized carbons (Fsp3) is 0.905. The van der Waals surface area contributed by atoms with Gasteiger partial charge in [-0.3, -0.25) is 9.59 Å². The fourth-order valence-corrected chi connectivity index (χ4v) is 11.1. The summed E-state index contributed by atoms with van der Waals surface area (Å²) >= 11 is 0. The molecular formula is C74H141NO8. The molecule has 0 amide bonds. The molecule has 0 rings (SSSR count). The van der Waals surface area contributed by atoms with E-state index in [2.05, 4.69) is 38.2 Å². The second-order valence-electron chi connectivity index (χ2n) is 26.2. The van der Waals surface area contributed by atoms with E-state index in [1.165, 1.54) is 302 Å². The fourth-order valence-electron chi connectivity index (χ4n) is 11.1. The molecule has 9 nitrogen and oxygen atoms in total. The number of unbranched alkanes of at least 4 members (excludes halogenated alkanes) is 50. The number of allylic oxidation sites excluding steroid dienone is 4. The van der Waals surface area contributed by atoms with Crippen LogP contribution in [0.2, 0.25) is 0 Å². The number of nitrogens with zero attached hydrogens (tertiary/aromatic N) is 1. The smallest absolute Gasteiger partial charge is 0.306 e. The predicted molar refractivity (Wildman–Crippen MR) is 353 cm³/mol. The van der Waals surface area contributed by atoms with Crippen LogP contribution in [0.4, 0.5) is 0 Å². The summed E-state index contributed by atoms with van der Waals surface area (Å²) in [5, 5.41) is 11.8. The largest absolute Gasteiger partial charge is 0.545 e. The number of carbonyl (C=O) groups is 3. The molecule has 0 radical (unpaired) electrons. The summed E-state index contributed by atoms with van der Waals surface area (Å²) < 4.78 is 22.8. The minimum Gasteiger partial charge on any atom is -0.545 e. The van der Waals surface area contributed by atoms with E-state index in [0.717, 1.165) is 44.9 Å². The zero-order valence-corrected chi connectivity index (χ0v) is 56.1. The topological polar surface area (TPSA) is 111 Å². The Morgan fingerprint density at radius 1 is 0.361 bits per heavy atom. The third-order valence-corrected chi connectivity index (χ3v) is 16.7. The summed E-state index contributed by atoms with van der Waals surface area (Å²) in [7, 11) is 5.95. The van der Waals surface area contributed by atoms with Crippen LogP contribution >= 0.6 is 0 Å². The maximum absolute atomic E-state index is 12.9. The van der Waals surface area contributed by atoms with Crippen LogP contribution in [0.1, 0.15) is 373 Å². The van der Waals surface area contributed by atoms with E-state index in [0.29, 0.717) is 17.4 Å². The molecule has 9 heteroatoms. The highest BCUT2D eigenvalue weighted by molar-refractivity contribution is 5.70. The van der Waals surface area contributed by atoms with Gasteiger partial charge in [0.2, 0.25) is 0 Å². The van der Waals surface area contributed by atoms with Gasteiger partial charge < -0.3 is 33.3 Å². The number of carboxylic acids is 1. The lowest BCUT2D eigenvalue weighted by atomic mass is 10.0. The molecular weight excluding hydrogens is 1030 g/mol. The van der Waals surface area contributed by atoms with Crippen LogP contribution in [0, 0.1) is 0 Å². The quantitative estimate of drug-likeness (QED) is 0.0195. The molecule has 0 spiro atoms. The average Bonchev–Trinajstić information content (AvgIpc) is 3.46. The predicted octanol–water partition coefficient (Wildman–Crippen LogP) is 21.3. The zero-order chi connectivity index (χ0) is 60.5. The van der Waals surface area contributed by atoms with E-state index < -0.39 is 24.3 Å². The van der Waals surface area contributed by atoms with Gasteiger partial charge in [0.25, 0.3) is 0 Å². The van der Waals surface area contributed by atoms with Crippen LogP contribution in [0.25, 0.3) is 0 Å². The molecule has 0 aromatic carbocycles. The standard InChI is InChI=1S/C74H141NO8/c1-6-8-10-12-14-16-18-20-22-24-26-28-30-32-33-34-35-36-37-38-39-41-43-45-47-49-51-53-55-57-59-61-63-65-72(77)83-70(69-82-74(73(78)79)80-67-66-75(3,4)5)68-81-71(76)64-62-60-58-56-54-52-50-48-46-44-42-40-31-29-27-25-23-21-19-17-15-13-11-9-7-2/h18,20,24,26,70,74H,6-17,19,21-23,25,27-69H2,1-5H3/b20-18-,26-24-. The minimum atomic E-state index is -1.62. The van der Waals surface area contributed by atoms with Crippen LogP contribution in [0.3, 0.4) is 0 Å². The van der Waals surface area contributed by atoms with E-state index in [1.807, 2.05) is 21.1 Å². The molecule has 0 heterocycles. The van der Waals surface area contributed by atoms with E-state index in [1.54, 1.807) is 0 Å². The van der Waals surface area contributed by atoms with E-state index in [-0.39, 0.29) is 32.2 Å². The maximum Gasteiger partial charge on any atom is 0.306 e. The van der Waals surface area contributed by atoms with Crippen molar-refractivity contribution in [1.82, 2.24) is 0 Å². The van der Waals surface area contributed by atoms with Gasteiger partial charge in [-0.05, 0) is 44.9 Å². The van der Waals surface area contributed by atoms with Crippen molar-refractivity contribution in [3.05, 3.63) is 24.3 Å². The van der Waals surface area contributed by atoms with Crippen molar-refractivity contribution in [3.8, 4) is 0 Å². The number of hydrogen-bond acceptors (Lipinski definition) is 8. The molecule has 0 aromatic rings. The Balaban J connectivity index is 4.02. The van der Waals surface area contributed by atoms with Crippen molar-refractivity contribution in [1.29, 1.82) is 0 Å². The highest BCUT2D eigenvalue weighted by atomic mass is 16.7. The van der Waals surface area contributed by atoms with E-state index in [4.69, 9.17) is 18.9 Å². The molecule has 490 valence electrons. The number of carbonyl (C=O) groups excluding carboxylic acids is 3. The third-order valence-electron chi connectivity index (χ3n) is 16.7. The lowest BCUT2D eigenvalue weighted by molar-refractivity contribution is -0.870. The first kappa shape index (κ1) is 80.8. The first-order valence-corrected chi connectivity index (χ1v) is 36.5. The first-order valence-electron chi connectivity index (χ1n) is 36.5. The SMILES string of the molecule is CCCCCCC/C=C\C/C=C\CCCCCCCCCCCCCCCCCCCCCCCC(=O)OC(COC(=O)CCCCCCCCCCCCCCCCCCCCCCCCCCC)COC(OCC[N+](C)(C)C)C(=O)[O-]. The van der Waals surface area contributed by atoms with Crippen molar-refractivity contribution >= 4 is 17.9 Å². The number of hydrogen-bond donors (Lipinski definition) is 0. The third kappa shape index (κ3) is 67.1. The molecule has 2 atom stereocenters. The van der Waals surface area contributed by atoms with Crippen LogP contribution in [0.5, 0.6) is 0 Å². The van der Waals surface area contributed by atoms with Crippen LogP contribution in [-0.4, -0.2) is 82.3 Å². The van der Waals surface area contributed by atoms with Gasteiger partial charge in [0.15, 0.2) is 12.4 Å². The lowest BCUT2D eigenvalue weighted by Gasteiger charge is -2.26. The molecule has 83 heavy (non-hydrogen) atoms. The summed E-state index contributed by atoms with van der Waals surface area (Å²) in [5.41, 5.74) is 0. The molecule has 2 unspecified atom stereocenters. The van der Waals surface area contributed by atoms with Gasteiger partial charge in [0.05, 0.1) is 40.3 Å². The highest BCUT2D eigenvalue weighted by Gasteiger charge is 2.22. The van der Waals surface area contributed by atoms with Gasteiger partial charge in [-0.15, -0.1) is 0 Å². The molecule has 0 aromatic heterocycles. The van der Waals surface area contributed by atoms with Crippen molar-refractivity contribution in [2.24, 2.45) is 0 Å². The van der Waals surface area contributed by atoms with Gasteiger partial charge in [-0.1, -0.05) is 340 Å². The number of rotatable bonds is 69. The van der Waals surface area contributed by atoms with E-state index in [9.17, 15) is 19.5 Å².